The lowest BCUT2D eigenvalue weighted by molar-refractivity contribution is 0.374. The molecule has 0 spiro atoms. The summed E-state index contributed by atoms with van der Waals surface area (Å²) in [4.78, 5) is 0. The molecule has 2 aliphatic rings. The van der Waals surface area contributed by atoms with Gasteiger partial charge in [0.05, 0.1) is 5.75 Å². The average molecular weight is 294 g/mol. The molecule has 1 unspecified atom stereocenters. The van der Waals surface area contributed by atoms with Crippen molar-refractivity contribution in [3.8, 4) is 0 Å². The Bertz CT molecular complexity index is 352. The van der Waals surface area contributed by atoms with Crippen LogP contribution in [0.25, 0.3) is 0 Å². The van der Waals surface area contributed by atoms with Crippen LogP contribution in [0.5, 0.6) is 0 Å². The van der Waals surface area contributed by atoms with Gasteiger partial charge in [0, 0.05) is 19.0 Å². The highest BCUT2D eigenvalue weighted by Gasteiger charge is 2.32. The summed E-state index contributed by atoms with van der Waals surface area (Å²) in [5.41, 5.74) is 0. The smallest absolute Gasteiger partial charge is 0.212 e. The van der Waals surface area contributed by atoms with E-state index in [0.717, 1.165) is 25.7 Å². The summed E-state index contributed by atoms with van der Waals surface area (Å²) in [6.07, 6.45) is 7.80. The van der Waals surface area contributed by atoms with Crippen LogP contribution in [0.2, 0.25) is 0 Å². The van der Waals surface area contributed by atoms with Gasteiger partial charge in [0.15, 0.2) is 0 Å². The molecule has 1 heterocycles. The highest BCUT2D eigenvalue weighted by atomic mass is 35.5. The molecule has 0 radical (unpaired) electrons. The van der Waals surface area contributed by atoms with Gasteiger partial charge in [-0.3, -0.25) is 0 Å². The minimum Gasteiger partial charge on any atom is -0.212 e. The normalized spacial score (nSPS) is 27.7. The fourth-order valence-electron chi connectivity index (χ4n) is 3.20. The molecule has 0 aromatic carbocycles. The van der Waals surface area contributed by atoms with Crippen LogP contribution in [0.3, 0.4) is 0 Å². The van der Waals surface area contributed by atoms with Gasteiger partial charge in [0.25, 0.3) is 0 Å². The highest BCUT2D eigenvalue weighted by molar-refractivity contribution is 7.89. The molecular weight excluding hydrogens is 270 g/mol. The number of rotatable bonds is 5. The summed E-state index contributed by atoms with van der Waals surface area (Å²) in [5.74, 6) is 1.89. The van der Waals surface area contributed by atoms with Crippen LogP contribution in [0, 0.1) is 11.8 Å². The van der Waals surface area contributed by atoms with Crippen molar-refractivity contribution in [2.24, 2.45) is 11.8 Å². The van der Waals surface area contributed by atoms with Crippen LogP contribution >= 0.6 is 11.6 Å². The zero-order valence-corrected chi connectivity index (χ0v) is 12.6. The van der Waals surface area contributed by atoms with E-state index in [1.165, 1.54) is 19.3 Å². The predicted octanol–water partition coefficient (Wildman–Crippen LogP) is 2.85. The van der Waals surface area contributed by atoms with Gasteiger partial charge in [-0.25, -0.2) is 12.7 Å². The second kappa shape index (κ2) is 6.58. The first-order chi connectivity index (χ1) is 8.62. The van der Waals surface area contributed by atoms with E-state index >= 15 is 0 Å². The van der Waals surface area contributed by atoms with Crippen LogP contribution in [0.15, 0.2) is 0 Å². The van der Waals surface area contributed by atoms with Crippen molar-refractivity contribution >= 4 is 21.6 Å². The molecule has 0 aromatic heterocycles. The molecule has 2 rings (SSSR count). The molecule has 3 nitrogen and oxygen atoms in total. The second-order valence-corrected chi connectivity index (χ2v) is 8.16. The van der Waals surface area contributed by atoms with Crippen LogP contribution in [-0.4, -0.2) is 37.4 Å². The number of sulfonamides is 1. The molecule has 5 heteroatoms. The molecule has 1 aliphatic heterocycles. The van der Waals surface area contributed by atoms with Gasteiger partial charge in [0.2, 0.25) is 10.0 Å². The summed E-state index contributed by atoms with van der Waals surface area (Å²) in [6.45, 7) is 1.40. The van der Waals surface area contributed by atoms with Crippen molar-refractivity contribution in [1.29, 1.82) is 0 Å². The Hall–Kier alpha value is 0.200. The summed E-state index contributed by atoms with van der Waals surface area (Å²) in [6, 6.07) is 0. The Kier molecular flexibility index (Phi) is 5.34. The predicted molar refractivity (Wildman–Crippen MR) is 75.4 cm³/mol. The third kappa shape index (κ3) is 3.84. The molecule has 18 heavy (non-hydrogen) atoms. The third-order valence-corrected chi connectivity index (χ3v) is 6.56. The lowest BCUT2D eigenvalue weighted by Gasteiger charge is -2.24. The van der Waals surface area contributed by atoms with E-state index in [4.69, 9.17) is 11.6 Å². The molecule has 0 aromatic rings. The first-order valence-corrected chi connectivity index (χ1v) is 9.30. The minimum absolute atomic E-state index is 0.376. The van der Waals surface area contributed by atoms with Gasteiger partial charge in [-0.1, -0.05) is 19.3 Å². The monoisotopic (exact) mass is 293 g/mol. The van der Waals surface area contributed by atoms with Crippen LogP contribution in [0.4, 0.5) is 0 Å². The van der Waals surface area contributed by atoms with E-state index in [1.54, 1.807) is 4.31 Å². The van der Waals surface area contributed by atoms with Gasteiger partial charge in [-0.05, 0) is 37.5 Å². The fraction of sp³-hybridized carbons (Fsp3) is 1.00. The molecule has 0 amide bonds. The molecular formula is C13H24ClNO2S. The van der Waals surface area contributed by atoms with Crippen LogP contribution in [0.1, 0.15) is 44.9 Å². The molecule has 2 fully saturated rings. The van der Waals surface area contributed by atoms with E-state index in [1.807, 2.05) is 0 Å². The number of alkyl halides is 1. The van der Waals surface area contributed by atoms with Gasteiger partial charge in [0.1, 0.15) is 0 Å². The zero-order valence-electron chi connectivity index (χ0n) is 11.0. The van der Waals surface area contributed by atoms with Gasteiger partial charge < -0.3 is 0 Å². The van der Waals surface area contributed by atoms with Crippen molar-refractivity contribution in [2.75, 3.05) is 24.7 Å². The Morgan fingerprint density at radius 3 is 2.44 bits per heavy atom. The molecule has 106 valence electrons. The molecule has 1 atom stereocenters. The number of nitrogens with zero attached hydrogens (tertiary/aromatic N) is 1. The van der Waals surface area contributed by atoms with Crippen molar-refractivity contribution in [2.45, 2.75) is 44.9 Å². The quantitative estimate of drug-likeness (QED) is 0.731. The summed E-state index contributed by atoms with van der Waals surface area (Å²) in [5, 5.41) is 0. The SMILES string of the molecule is O=S(=O)(CC1CCCCC1)N1CCC(CCCl)C1. The minimum atomic E-state index is -3.02. The van der Waals surface area contributed by atoms with Crippen molar-refractivity contribution in [3.05, 3.63) is 0 Å². The zero-order chi connectivity index (χ0) is 13.0. The van der Waals surface area contributed by atoms with Crippen molar-refractivity contribution in [3.63, 3.8) is 0 Å². The maximum atomic E-state index is 12.3. The van der Waals surface area contributed by atoms with Crippen LogP contribution < -0.4 is 0 Å². The lowest BCUT2D eigenvalue weighted by Crippen LogP contribution is -2.34. The Morgan fingerprint density at radius 1 is 1.06 bits per heavy atom. The van der Waals surface area contributed by atoms with Crippen molar-refractivity contribution in [1.82, 2.24) is 4.31 Å². The Labute approximate surface area is 116 Å². The fourth-order valence-corrected chi connectivity index (χ4v) is 5.47. The van der Waals surface area contributed by atoms with E-state index in [-0.39, 0.29) is 0 Å². The van der Waals surface area contributed by atoms with Crippen molar-refractivity contribution < 1.29 is 8.42 Å². The molecule has 1 saturated carbocycles. The Balaban J connectivity index is 1.86. The second-order valence-electron chi connectivity index (χ2n) is 5.77. The van der Waals surface area contributed by atoms with E-state index < -0.39 is 10.0 Å². The van der Waals surface area contributed by atoms with Gasteiger partial charge >= 0.3 is 0 Å². The number of hydrogen-bond acceptors (Lipinski definition) is 2. The largest absolute Gasteiger partial charge is 0.214 e. The topological polar surface area (TPSA) is 37.4 Å². The number of halogens is 1. The first kappa shape index (κ1) is 14.6. The average Bonchev–Trinajstić information content (AvgIpc) is 2.80. The first-order valence-electron chi connectivity index (χ1n) is 7.15. The van der Waals surface area contributed by atoms with Crippen LogP contribution in [-0.2, 0) is 10.0 Å². The van der Waals surface area contributed by atoms with Gasteiger partial charge in [-0.2, -0.15) is 0 Å². The lowest BCUT2D eigenvalue weighted by atomic mass is 9.91. The molecule has 0 N–H and O–H groups in total. The van der Waals surface area contributed by atoms with Gasteiger partial charge in [-0.15, -0.1) is 11.6 Å². The number of hydrogen-bond donors (Lipinski definition) is 0. The van der Waals surface area contributed by atoms with E-state index in [9.17, 15) is 8.42 Å². The van der Waals surface area contributed by atoms with E-state index in [2.05, 4.69) is 0 Å². The van der Waals surface area contributed by atoms with E-state index in [0.29, 0.717) is 36.6 Å². The maximum absolute atomic E-state index is 12.3. The third-order valence-electron chi connectivity index (χ3n) is 4.33. The summed E-state index contributed by atoms with van der Waals surface area (Å²) in [7, 11) is -3.02. The summed E-state index contributed by atoms with van der Waals surface area (Å²) >= 11 is 5.73. The molecule has 0 bridgehead atoms. The summed E-state index contributed by atoms with van der Waals surface area (Å²) < 4.78 is 26.4. The molecule has 1 saturated heterocycles. The maximum Gasteiger partial charge on any atom is 0.214 e. The highest BCUT2D eigenvalue weighted by Crippen LogP contribution is 2.28. The molecule has 1 aliphatic carbocycles. The Morgan fingerprint density at radius 2 is 1.78 bits per heavy atom. The standard InChI is InChI=1S/C13H24ClNO2S/c14-8-6-12-7-9-15(10-12)18(16,17)11-13-4-2-1-3-5-13/h12-13H,1-11H2.